The van der Waals surface area contributed by atoms with Crippen LogP contribution in [0.25, 0.3) is 0 Å². The number of hydrogen-bond donors (Lipinski definition) is 2. The molecular weight excluding hydrogens is 320 g/mol. The van der Waals surface area contributed by atoms with Crippen molar-refractivity contribution in [2.75, 3.05) is 5.32 Å². The molecule has 1 atom stereocenters. The molecule has 0 saturated carbocycles. The van der Waals surface area contributed by atoms with Crippen LogP contribution in [0.1, 0.15) is 33.3 Å². The Morgan fingerprint density at radius 1 is 1.21 bits per heavy atom. The monoisotopic (exact) mass is 344 g/mol. The SMILES string of the molecule is CC(Nc1cncc(SCc2ccccc2)n1)C(=O)NC(C)(C)C. The summed E-state index contributed by atoms with van der Waals surface area (Å²) in [6.45, 7) is 7.68. The second kappa shape index (κ2) is 8.15. The third-order valence-corrected chi connectivity index (χ3v) is 4.07. The molecule has 1 amide bonds. The van der Waals surface area contributed by atoms with Crippen molar-refractivity contribution in [2.45, 2.75) is 50.1 Å². The third kappa shape index (κ3) is 6.20. The van der Waals surface area contributed by atoms with Crippen LogP contribution in [0.4, 0.5) is 5.82 Å². The maximum Gasteiger partial charge on any atom is 0.242 e. The minimum atomic E-state index is -0.382. The highest BCUT2D eigenvalue weighted by molar-refractivity contribution is 7.98. The Morgan fingerprint density at radius 2 is 1.92 bits per heavy atom. The first kappa shape index (κ1) is 18.3. The third-order valence-electron chi connectivity index (χ3n) is 3.10. The fraction of sp³-hybridized carbons (Fsp3) is 0.389. The molecule has 2 rings (SSSR count). The van der Waals surface area contributed by atoms with Gasteiger partial charge in [0.2, 0.25) is 5.91 Å². The number of nitrogens with one attached hydrogen (secondary N) is 2. The largest absolute Gasteiger partial charge is 0.357 e. The van der Waals surface area contributed by atoms with Crippen LogP contribution in [-0.4, -0.2) is 27.5 Å². The van der Waals surface area contributed by atoms with Gasteiger partial charge in [0.15, 0.2) is 0 Å². The molecule has 0 radical (unpaired) electrons. The van der Waals surface area contributed by atoms with Gasteiger partial charge in [-0.05, 0) is 33.3 Å². The van der Waals surface area contributed by atoms with E-state index >= 15 is 0 Å². The second-order valence-corrected chi connectivity index (χ2v) is 7.62. The van der Waals surface area contributed by atoms with E-state index in [1.807, 2.05) is 45.9 Å². The minimum Gasteiger partial charge on any atom is -0.357 e. The number of anilines is 1. The predicted molar refractivity (Wildman–Crippen MR) is 99.0 cm³/mol. The van der Waals surface area contributed by atoms with Crippen LogP contribution in [-0.2, 0) is 10.5 Å². The van der Waals surface area contributed by atoms with Gasteiger partial charge in [0.05, 0.1) is 12.4 Å². The van der Waals surface area contributed by atoms with Crippen LogP contribution in [0.3, 0.4) is 0 Å². The number of carbonyl (C=O) groups excluding carboxylic acids is 1. The molecule has 2 aromatic rings. The summed E-state index contributed by atoms with van der Waals surface area (Å²) in [4.78, 5) is 20.9. The number of benzene rings is 1. The first-order chi connectivity index (χ1) is 11.3. The molecule has 0 fully saturated rings. The van der Waals surface area contributed by atoms with Crippen molar-refractivity contribution in [1.29, 1.82) is 0 Å². The number of amides is 1. The highest BCUT2D eigenvalue weighted by Gasteiger charge is 2.19. The van der Waals surface area contributed by atoms with Gasteiger partial charge in [-0.25, -0.2) is 4.98 Å². The van der Waals surface area contributed by atoms with Crippen molar-refractivity contribution in [1.82, 2.24) is 15.3 Å². The zero-order chi connectivity index (χ0) is 17.6. The minimum absolute atomic E-state index is 0.0633. The topological polar surface area (TPSA) is 66.9 Å². The summed E-state index contributed by atoms with van der Waals surface area (Å²) in [6.07, 6.45) is 3.37. The lowest BCUT2D eigenvalue weighted by Gasteiger charge is -2.23. The maximum atomic E-state index is 12.1. The lowest BCUT2D eigenvalue weighted by atomic mass is 10.1. The van der Waals surface area contributed by atoms with Gasteiger partial charge in [-0.15, -0.1) is 11.8 Å². The van der Waals surface area contributed by atoms with Gasteiger partial charge in [-0.3, -0.25) is 9.78 Å². The molecule has 1 heterocycles. The molecule has 24 heavy (non-hydrogen) atoms. The number of hydrogen-bond acceptors (Lipinski definition) is 5. The molecule has 128 valence electrons. The van der Waals surface area contributed by atoms with E-state index < -0.39 is 0 Å². The quantitative estimate of drug-likeness (QED) is 0.785. The van der Waals surface area contributed by atoms with Crippen molar-refractivity contribution in [3.05, 3.63) is 48.3 Å². The summed E-state index contributed by atoms with van der Waals surface area (Å²) in [5.41, 5.74) is 0.979. The normalized spacial score (nSPS) is 12.5. The van der Waals surface area contributed by atoms with Gasteiger partial charge >= 0.3 is 0 Å². The highest BCUT2D eigenvalue weighted by Crippen LogP contribution is 2.21. The van der Waals surface area contributed by atoms with Crippen LogP contribution in [0.5, 0.6) is 0 Å². The van der Waals surface area contributed by atoms with Crippen LogP contribution >= 0.6 is 11.8 Å². The van der Waals surface area contributed by atoms with E-state index in [2.05, 4.69) is 32.7 Å². The molecule has 1 aromatic heterocycles. The molecule has 5 nitrogen and oxygen atoms in total. The Hall–Kier alpha value is -2.08. The van der Waals surface area contributed by atoms with E-state index in [1.165, 1.54) is 5.56 Å². The first-order valence-corrected chi connectivity index (χ1v) is 8.89. The molecule has 1 aromatic carbocycles. The van der Waals surface area contributed by atoms with Crippen LogP contribution in [0, 0.1) is 0 Å². The van der Waals surface area contributed by atoms with Crippen molar-refractivity contribution in [3.63, 3.8) is 0 Å². The van der Waals surface area contributed by atoms with E-state index in [-0.39, 0.29) is 17.5 Å². The first-order valence-electron chi connectivity index (χ1n) is 7.91. The summed E-state index contributed by atoms with van der Waals surface area (Å²) in [5, 5.41) is 6.88. The number of rotatable bonds is 6. The van der Waals surface area contributed by atoms with Crippen molar-refractivity contribution in [2.24, 2.45) is 0 Å². The zero-order valence-electron chi connectivity index (χ0n) is 14.5. The van der Waals surface area contributed by atoms with Gasteiger partial charge in [0, 0.05) is 11.3 Å². The summed E-state index contributed by atoms with van der Waals surface area (Å²) in [7, 11) is 0. The molecule has 6 heteroatoms. The molecular formula is C18H24N4OS. The molecule has 0 saturated heterocycles. The lowest BCUT2D eigenvalue weighted by Crippen LogP contribution is -2.47. The Kier molecular flexibility index (Phi) is 6.20. The standard InChI is InChI=1S/C18H24N4OS/c1-13(17(23)22-18(2,3)4)20-15-10-19-11-16(21-15)24-12-14-8-6-5-7-9-14/h5-11,13H,12H2,1-4H3,(H,20,21)(H,22,23). The van der Waals surface area contributed by atoms with Gasteiger partial charge in [-0.1, -0.05) is 30.3 Å². The van der Waals surface area contributed by atoms with Gasteiger partial charge in [0.1, 0.15) is 16.9 Å². The number of aromatic nitrogens is 2. The molecule has 0 aliphatic carbocycles. The summed E-state index contributed by atoms with van der Waals surface area (Å²) < 4.78 is 0. The fourth-order valence-corrected chi connectivity index (χ4v) is 2.79. The molecule has 0 spiro atoms. The lowest BCUT2D eigenvalue weighted by molar-refractivity contribution is -0.122. The van der Waals surface area contributed by atoms with Gasteiger partial charge in [0.25, 0.3) is 0 Å². The second-order valence-electron chi connectivity index (χ2n) is 6.62. The number of nitrogens with zero attached hydrogens (tertiary/aromatic N) is 2. The van der Waals surface area contributed by atoms with E-state index in [0.29, 0.717) is 5.82 Å². The summed E-state index contributed by atoms with van der Waals surface area (Å²) >= 11 is 1.62. The summed E-state index contributed by atoms with van der Waals surface area (Å²) in [5.74, 6) is 1.37. The fourth-order valence-electron chi connectivity index (χ4n) is 1.98. The number of carbonyl (C=O) groups is 1. The van der Waals surface area contributed by atoms with E-state index in [4.69, 9.17) is 0 Å². The maximum absolute atomic E-state index is 12.1. The molecule has 2 N–H and O–H groups in total. The average molecular weight is 344 g/mol. The van der Waals surface area contributed by atoms with E-state index in [0.717, 1.165) is 10.8 Å². The summed E-state index contributed by atoms with van der Waals surface area (Å²) in [6, 6.07) is 9.84. The van der Waals surface area contributed by atoms with E-state index in [1.54, 1.807) is 24.2 Å². The van der Waals surface area contributed by atoms with Crippen LogP contribution in [0.2, 0.25) is 0 Å². The average Bonchev–Trinajstić information content (AvgIpc) is 2.53. The van der Waals surface area contributed by atoms with Crippen molar-refractivity contribution in [3.8, 4) is 0 Å². The van der Waals surface area contributed by atoms with Gasteiger partial charge < -0.3 is 10.6 Å². The predicted octanol–water partition coefficient (Wildman–Crippen LogP) is 3.48. The molecule has 0 bridgehead atoms. The Labute approximate surface area is 147 Å². The van der Waals surface area contributed by atoms with E-state index in [9.17, 15) is 4.79 Å². The Morgan fingerprint density at radius 3 is 2.58 bits per heavy atom. The Balaban J connectivity index is 1.93. The molecule has 1 unspecified atom stereocenters. The smallest absolute Gasteiger partial charge is 0.242 e. The highest BCUT2D eigenvalue weighted by atomic mass is 32.2. The van der Waals surface area contributed by atoms with Crippen molar-refractivity contribution >= 4 is 23.5 Å². The molecule has 0 aliphatic rings. The molecule has 0 aliphatic heterocycles. The van der Waals surface area contributed by atoms with Gasteiger partial charge in [-0.2, -0.15) is 0 Å². The number of thioether (sulfide) groups is 1. The van der Waals surface area contributed by atoms with Crippen LogP contribution < -0.4 is 10.6 Å². The van der Waals surface area contributed by atoms with Crippen LogP contribution in [0.15, 0.2) is 47.8 Å². The Bertz CT molecular complexity index is 670. The van der Waals surface area contributed by atoms with Crippen molar-refractivity contribution < 1.29 is 4.79 Å². The zero-order valence-corrected chi connectivity index (χ0v) is 15.4.